The van der Waals surface area contributed by atoms with Crippen LogP contribution in [0.2, 0.25) is 0 Å². The highest BCUT2D eigenvalue weighted by Crippen LogP contribution is 2.40. The molecule has 0 radical (unpaired) electrons. The van der Waals surface area contributed by atoms with Crippen LogP contribution in [0.1, 0.15) is 12.5 Å². The summed E-state index contributed by atoms with van der Waals surface area (Å²) in [5.74, 6) is 2.75. The van der Waals surface area contributed by atoms with E-state index in [2.05, 4.69) is 15.3 Å². The molecule has 1 heterocycles. The summed E-state index contributed by atoms with van der Waals surface area (Å²) in [6.07, 6.45) is 1.68. The van der Waals surface area contributed by atoms with Crippen LogP contribution in [0.15, 0.2) is 41.5 Å². The molecule has 0 aliphatic heterocycles. The molecule has 0 saturated heterocycles. The van der Waals surface area contributed by atoms with E-state index in [1.54, 1.807) is 39.7 Å². The number of hydrogen-bond donors (Lipinski definition) is 1. The van der Waals surface area contributed by atoms with Crippen LogP contribution in [0, 0.1) is 4.77 Å². The Kier molecular flexibility index (Phi) is 6.50. The van der Waals surface area contributed by atoms with Crippen LogP contribution in [0.25, 0.3) is 11.4 Å². The molecule has 0 bridgehead atoms. The molecule has 0 unspecified atom stereocenters. The van der Waals surface area contributed by atoms with Gasteiger partial charge in [-0.05, 0) is 43.4 Å². The second kappa shape index (κ2) is 9.24. The fourth-order valence-electron chi connectivity index (χ4n) is 2.79. The Morgan fingerprint density at radius 3 is 2.38 bits per heavy atom. The van der Waals surface area contributed by atoms with Gasteiger partial charge >= 0.3 is 0 Å². The summed E-state index contributed by atoms with van der Waals surface area (Å²) in [6, 6.07) is 11.2. The number of ether oxygens (including phenoxy) is 4. The van der Waals surface area contributed by atoms with Crippen LogP contribution in [0.3, 0.4) is 0 Å². The van der Waals surface area contributed by atoms with Crippen molar-refractivity contribution in [1.29, 1.82) is 0 Å². The smallest absolute Gasteiger partial charge is 0.216 e. The third kappa shape index (κ3) is 4.24. The minimum absolute atomic E-state index is 0.346. The molecule has 0 aliphatic rings. The number of H-pyrrole nitrogens is 1. The van der Waals surface area contributed by atoms with Crippen LogP contribution in [-0.2, 0) is 0 Å². The van der Waals surface area contributed by atoms with Crippen molar-refractivity contribution in [1.82, 2.24) is 14.9 Å². The van der Waals surface area contributed by atoms with E-state index >= 15 is 0 Å². The number of hydrogen-bond acceptors (Lipinski definition) is 7. The van der Waals surface area contributed by atoms with Gasteiger partial charge in [0.25, 0.3) is 0 Å². The maximum Gasteiger partial charge on any atom is 0.216 e. The molecule has 0 fully saturated rings. The lowest BCUT2D eigenvalue weighted by molar-refractivity contribution is 0.324. The zero-order valence-corrected chi connectivity index (χ0v) is 17.4. The Morgan fingerprint density at radius 2 is 1.76 bits per heavy atom. The monoisotopic (exact) mass is 414 g/mol. The zero-order chi connectivity index (χ0) is 20.8. The quantitative estimate of drug-likeness (QED) is 0.444. The zero-order valence-electron chi connectivity index (χ0n) is 16.6. The van der Waals surface area contributed by atoms with Gasteiger partial charge < -0.3 is 18.9 Å². The lowest BCUT2D eigenvalue weighted by atomic mass is 10.1. The Bertz CT molecular complexity index is 1050. The number of nitrogens with one attached hydrogen (secondary N) is 1. The number of methoxy groups -OCH3 is 3. The largest absolute Gasteiger partial charge is 0.493 e. The first-order valence-electron chi connectivity index (χ1n) is 8.86. The maximum atomic E-state index is 5.64. The van der Waals surface area contributed by atoms with E-state index in [1.165, 1.54) is 4.68 Å². The van der Waals surface area contributed by atoms with E-state index in [4.69, 9.17) is 31.2 Å². The molecule has 0 aliphatic carbocycles. The van der Waals surface area contributed by atoms with E-state index in [-0.39, 0.29) is 0 Å². The third-order valence-electron chi connectivity index (χ3n) is 4.10. The molecule has 2 aromatic carbocycles. The van der Waals surface area contributed by atoms with Gasteiger partial charge in [-0.25, -0.2) is 5.10 Å². The Balaban J connectivity index is 2.07. The van der Waals surface area contributed by atoms with Gasteiger partial charge in [0.05, 0.1) is 34.2 Å². The van der Waals surface area contributed by atoms with E-state index in [0.717, 1.165) is 11.3 Å². The van der Waals surface area contributed by atoms with Gasteiger partial charge in [-0.3, -0.25) is 0 Å². The molecule has 9 heteroatoms. The van der Waals surface area contributed by atoms with Crippen molar-refractivity contribution in [3.63, 3.8) is 0 Å². The van der Waals surface area contributed by atoms with Crippen molar-refractivity contribution in [2.24, 2.45) is 5.10 Å². The van der Waals surface area contributed by atoms with Crippen LogP contribution in [0.4, 0.5) is 0 Å². The maximum absolute atomic E-state index is 5.64. The van der Waals surface area contributed by atoms with Crippen LogP contribution in [-0.4, -0.2) is 49.0 Å². The lowest BCUT2D eigenvalue weighted by Crippen LogP contribution is -2.00. The van der Waals surface area contributed by atoms with Crippen LogP contribution >= 0.6 is 12.2 Å². The molecule has 8 nitrogen and oxygen atoms in total. The molecule has 3 aromatic rings. The lowest BCUT2D eigenvalue weighted by Gasteiger charge is -2.13. The molecule has 0 amide bonds. The van der Waals surface area contributed by atoms with Gasteiger partial charge in [-0.2, -0.15) is 14.9 Å². The number of para-hydroxylation sites is 1. The summed E-state index contributed by atoms with van der Waals surface area (Å²) in [5, 5.41) is 11.6. The standard InChI is InChI=1S/C20H22N4O4S/c1-5-28-15-9-7-6-8-13(15)12-21-24-19(22-23-20(24)29)14-10-16(25-2)18(27-4)17(11-14)26-3/h6-12H,5H2,1-4H3,(H,23,29)/b21-12-. The first-order valence-corrected chi connectivity index (χ1v) is 9.27. The predicted octanol–water partition coefficient (Wildman–Crippen LogP) is 3.91. The summed E-state index contributed by atoms with van der Waals surface area (Å²) in [5.41, 5.74) is 1.52. The highest BCUT2D eigenvalue weighted by Gasteiger charge is 2.17. The minimum Gasteiger partial charge on any atom is -0.493 e. The van der Waals surface area contributed by atoms with Crippen molar-refractivity contribution in [2.45, 2.75) is 6.92 Å². The van der Waals surface area contributed by atoms with E-state index < -0.39 is 0 Å². The van der Waals surface area contributed by atoms with Gasteiger partial charge in [-0.15, -0.1) is 0 Å². The number of rotatable bonds is 8. The van der Waals surface area contributed by atoms with Crippen molar-refractivity contribution in [3.05, 3.63) is 46.7 Å². The highest BCUT2D eigenvalue weighted by atomic mass is 32.1. The highest BCUT2D eigenvalue weighted by molar-refractivity contribution is 7.71. The van der Waals surface area contributed by atoms with Crippen molar-refractivity contribution in [3.8, 4) is 34.4 Å². The third-order valence-corrected chi connectivity index (χ3v) is 4.37. The molecular weight excluding hydrogens is 392 g/mol. The molecule has 152 valence electrons. The van der Waals surface area contributed by atoms with Gasteiger partial charge in [0.1, 0.15) is 5.75 Å². The van der Waals surface area contributed by atoms with Gasteiger partial charge in [0.15, 0.2) is 17.3 Å². The minimum atomic E-state index is 0.346. The summed E-state index contributed by atoms with van der Waals surface area (Å²) in [7, 11) is 4.66. The molecular formula is C20H22N4O4S. The van der Waals surface area contributed by atoms with E-state index in [0.29, 0.717) is 40.0 Å². The fourth-order valence-corrected chi connectivity index (χ4v) is 2.97. The van der Waals surface area contributed by atoms with E-state index in [9.17, 15) is 0 Å². The Labute approximate surface area is 173 Å². The van der Waals surface area contributed by atoms with Gasteiger partial charge in [0, 0.05) is 11.1 Å². The normalized spacial score (nSPS) is 10.9. The average Bonchev–Trinajstić information content (AvgIpc) is 3.12. The van der Waals surface area contributed by atoms with Gasteiger partial charge in [0.2, 0.25) is 10.5 Å². The summed E-state index contributed by atoms with van der Waals surface area (Å²) in [6.45, 7) is 2.50. The topological polar surface area (TPSA) is 82.9 Å². The predicted molar refractivity (Wildman–Crippen MR) is 113 cm³/mol. The summed E-state index contributed by atoms with van der Waals surface area (Å²) < 4.78 is 23.7. The number of nitrogens with zero attached hydrogens (tertiary/aromatic N) is 3. The van der Waals surface area contributed by atoms with Crippen LogP contribution < -0.4 is 18.9 Å². The van der Waals surface area contributed by atoms with Crippen molar-refractivity contribution < 1.29 is 18.9 Å². The Hall–Kier alpha value is -3.33. The average molecular weight is 414 g/mol. The second-order valence-corrected chi connectivity index (χ2v) is 6.18. The number of benzene rings is 2. The molecule has 29 heavy (non-hydrogen) atoms. The fraction of sp³-hybridized carbons (Fsp3) is 0.250. The molecule has 0 atom stereocenters. The molecule has 3 rings (SSSR count). The molecule has 0 saturated carbocycles. The second-order valence-electron chi connectivity index (χ2n) is 5.79. The Morgan fingerprint density at radius 1 is 1.07 bits per heavy atom. The summed E-state index contributed by atoms with van der Waals surface area (Å²) in [4.78, 5) is 0. The number of aromatic nitrogens is 3. The molecule has 1 aromatic heterocycles. The molecule has 0 spiro atoms. The number of aromatic amines is 1. The van der Waals surface area contributed by atoms with Crippen LogP contribution in [0.5, 0.6) is 23.0 Å². The first kappa shape index (κ1) is 20.4. The van der Waals surface area contributed by atoms with Crippen molar-refractivity contribution in [2.75, 3.05) is 27.9 Å². The van der Waals surface area contributed by atoms with Gasteiger partial charge in [-0.1, -0.05) is 12.1 Å². The molecule has 1 N–H and O–H groups in total. The van der Waals surface area contributed by atoms with E-state index in [1.807, 2.05) is 31.2 Å². The SMILES string of the molecule is CCOc1ccccc1/C=N\n1c(-c2cc(OC)c(OC)c(OC)c2)n[nH]c1=S. The van der Waals surface area contributed by atoms with Crippen molar-refractivity contribution >= 4 is 18.4 Å². The summed E-state index contributed by atoms with van der Waals surface area (Å²) >= 11 is 5.36. The first-order chi connectivity index (χ1) is 14.1.